The van der Waals surface area contributed by atoms with Gasteiger partial charge in [-0.3, -0.25) is 9.59 Å². The fraction of sp³-hybridized carbons (Fsp3) is 0.897. The molecule has 1 amide bonds. The normalized spacial score (nSPS) is 12.7. The number of esters is 1. The molecular formula is C78H149NO5. The van der Waals surface area contributed by atoms with Crippen molar-refractivity contribution >= 4 is 11.9 Å². The van der Waals surface area contributed by atoms with Crippen LogP contribution in [0.5, 0.6) is 0 Å². The number of carbonyl (C=O) groups excluding carboxylic acids is 2. The Bertz CT molecular complexity index is 1360. The maximum absolute atomic E-state index is 12.5. The third-order valence-corrected chi connectivity index (χ3v) is 17.9. The molecule has 2 unspecified atom stereocenters. The van der Waals surface area contributed by atoms with Crippen molar-refractivity contribution in [1.82, 2.24) is 5.32 Å². The molecule has 2 atom stereocenters. The van der Waals surface area contributed by atoms with Crippen LogP contribution >= 0.6 is 0 Å². The average Bonchev–Trinajstić information content (AvgIpc) is 3.53. The number of carbonyl (C=O) groups is 2. The van der Waals surface area contributed by atoms with E-state index in [1.54, 1.807) is 0 Å². The summed E-state index contributed by atoms with van der Waals surface area (Å²) in [5, 5.41) is 23.2. The van der Waals surface area contributed by atoms with Crippen LogP contribution in [0, 0.1) is 0 Å². The van der Waals surface area contributed by atoms with Crippen LogP contribution in [0.1, 0.15) is 425 Å². The Kier molecular flexibility index (Phi) is 71.9. The van der Waals surface area contributed by atoms with Gasteiger partial charge in [-0.25, -0.2) is 0 Å². The van der Waals surface area contributed by atoms with Crippen molar-refractivity contribution in [3.05, 3.63) is 36.5 Å². The lowest BCUT2D eigenvalue weighted by molar-refractivity contribution is -0.143. The van der Waals surface area contributed by atoms with E-state index in [1.165, 1.54) is 340 Å². The molecule has 0 aliphatic carbocycles. The number of hydrogen-bond donors (Lipinski definition) is 3. The molecule has 0 aromatic rings. The highest BCUT2D eigenvalue weighted by atomic mass is 16.5. The van der Waals surface area contributed by atoms with Gasteiger partial charge in [-0.05, 0) is 83.5 Å². The second kappa shape index (κ2) is 73.5. The Labute approximate surface area is 525 Å². The summed E-state index contributed by atoms with van der Waals surface area (Å²) in [5.41, 5.74) is 0. The van der Waals surface area contributed by atoms with E-state index in [1.807, 2.05) is 0 Å². The van der Waals surface area contributed by atoms with Crippen molar-refractivity contribution in [3.8, 4) is 0 Å². The van der Waals surface area contributed by atoms with Gasteiger partial charge < -0.3 is 20.3 Å². The van der Waals surface area contributed by atoms with Crippen LogP contribution in [0.15, 0.2) is 36.5 Å². The third kappa shape index (κ3) is 69.2. The van der Waals surface area contributed by atoms with E-state index >= 15 is 0 Å². The summed E-state index contributed by atoms with van der Waals surface area (Å²) in [6.45, 7) is 4.95. The van der Waals surface area contributed by atoms with Crippen LogP contribution in [-0.2, 0) is 14.3 Å². The fourth-order valence-corrected chi connectivity index (χ4v) is 12.1. The molecule has 0 aromatic carbocycles. The molecule has 0 bridgehead atoms. The minimum Gasteiger partial charge on any atom is -0.466 e. The highest BCUT2D eigenvalue weighted by Crippen LogP contribution is 2.19. The Balaban J connectivity index is 3.30. The van der Waals surface area contributed by atoms with Gasteiger partial charge in [-0.1, -0.05) is 365 Å². The first-order chi connectivity index (χ1) is 41.5. The number of unbranched alkanes of at least 4 members (excludes halogenated alkanes) is 55. The predicted molar refractivity (Wildman–Crippen MR) is 370 cm³/mol. The topological polar surface area (TPSA) is 95.9 Å². The zero-order valence-electron chi connectivity index (χ0n) is 56.9. The number of ether oxygens (including phenoxy) is 1. The summed E-state index contributed by atoms with van der Waals surface area (Å²) >= 11 is 0. The van der Waals surface area contributed by atoms with Gasteiger partial charge in [0.2, 0.25) is 5.91 Å². The molecule has 84 heavy (non-hydrogen) atoms. The summed E-state index contributed by atoms with van der Waals surface area (Å²) in [6, 6.07) is -0.537. The summed E-state index contributed by atoms with van der Waals surface area (Å²) in [7, 11) is 0. The molecule has 6 nitrogen and oxygen atoms in total. The lowest BCUT2D eigenvalue weighted by atomic mass is 10.0. The molecule has 3 N–H and O–H groups in total. The van der Waals surface area contributed by atoms with E-state index in [2.05, 4.69) is 55.6 Å². The lowest BCUT2D eigenvalue weighted by Gasteiger charge is -2.22. The fourth-order valence-electron chi connectivity index (χ4n) is 12.1. The predicted octanol–water partition coefficient (Wildman–Crippen LogP) is 25.0. The van der Waals surface area contributed by atoms with Gasteiger partial charge in [0.1, 0.15) is 0 Å². The Morgan fingerprint density at radius 3 is 0.940 bits per heavy atom. The minimum atomic E-state index is -0.660. The molecular weight excluding hydrogens is 1030 g/mol. The maximum atomic E-state index is 12.5. The van der Waals surface area contributed by atoms with Crippen LogP contribution in [0.2, 0.25) is 0 Å². The van der Waals surface area contributed by atoms with Crippen LogP contribution in [0.25, 0.3) is 0 Å². The van der Waals surface area contributed by atoms with Crippen LogP contribution in [0.3, 0.4) is 0 Å². The van der Waals surface area contributed by atoms with E-state index in [4.69, 9.17) is 4.74 Å². The molecule has 0 radical (unpaired) electrons. The summed E-state index contributed by atoms with van der Waals surface area (Å²) in [4.78, 5) is 24.6. The molecule has 0 heterocycles. The van der Waals surface area contributed by atoms with Crippen molar-refractivity contribution in [3.63, 3.8) is 0 Å². The van der Waals surface area contributed by atoms with Gasteiger partial charge in [0.15, 0.2) is 0 Å². The molecule has 0 rings (SSSR count). The van der Waals surface area contributed by atoms with E-state index in [9.17, 15) is 19.8 Å². The number of nitrogens with one attached hydrogen (secondary N) is 1. The first-order valence-electron chi connectivity index (χ1n) is 38.2. The summed E-state index contributed by atoms with van der Waals surface area (Å²) < 4.78 is 5.51. The van der Waals surface area contributed by atoms with Crippen molar-refractivity contribution in [2.45, 2.75) is 437 Å². The number of aliphatic hydroxyl groups excluding tert-OH is 2. The van der Waals surface area contributed by atoms with Gasteiger partial charge in [0, 0.05) is 12.8 Å². The van der Waals surface area contributed by atoms with E-state index < -0.39 is 12.1 Å². The molecule has 0 aliphatic heterocycles. The highest BCUT2D eigenvalue weighted by Gasteiger charge is 2.20. The van der Waals surface area contributed by atoms with Crippen molar-refractivity contribution in [2.75, 3.05) is 13.2 Å². The Hall–Kier alpha value is -1.92. The smallest absolute Gasteiger partial charge is 0.305 e. The standard InChI is InChI=1S/C78H149NO5/c1-3-5-7-9-11-13-15-16-17-18-38-42-45-48-52-56-60-64-68-72-78(83)84-73-69-65-61-57-53-49-46-43-40-37-35-33-31-29-27-25-23-21-19-20-22-24-26-28-30-32-34-36-39-41-44-47-51-55-59-63-67-71-77(82)79-75(74-80)76(81)70-66-62-58-54-50-14-12-10-8-6-4-2/h11,13,16-17,19,21,75-76,80-81H,3-10,12,14-15,18,20,22-74H2,1-2H3,(H,79,82)/b13-11-,17-16-,21-19-. The van der Waals surface area contributed by atoms with Gasteiger partial charge in [0.05, 0.1) is 25.4 Å². The van der Waals surface area contributed by atoms with E-state index in [0.717, 1.165) is 51.4 Å². The van der Waals surface area contributed by atoms with Gasteiger partial charge in [-0.2, -0.15) is 0 Å². The van der Waals surface area contributed by atoms with Crippen molar-refractivity contribution in [2.24, 2.45) is 0 Å². The molecule has 496 valence electrons. The first kappa shape index (κ1) is 82.1. The zero-order valence-corrected chi connectivity index (χ0v) is 56.9. The molecule has 0 fully saturated rings. The Morgan fingerprint density at radius 1 is 0.333 bits per heavy atom. The first-order valence-corrected chi connectivity index (χ1v) is 38.2. The zero-order chi connectivity index (χ0) is 60.6. The molecule has 0 aliphatic rings. The van der Waals surface area contributed by atoms with Crippen molar-refractivity contribution in [1.29, 1.82) is 0 Å². The minimum absolute atomic E-state index is 0.0182. The monoisotopic (exact) mass is 1180 g/mol. The van der Waals surface area contributed by atoms with E-state index in [-0.39, 0.29) is 18.5 Å². The second-order valence-electron chi connectivity index (χ2n) is 26.3. The van der Waals surface area contributed by atoms with E-state index in [0.29, 0.717) is 25.9 Å². The van der Waals surface area contributed by atoms with Crippen molar-refractivity contribution < 1.29 is 24.5 Å². The maximum Gasteiger partial charge on any atom is 0.305 e. The molecule has 0 spiro atoms. The largest absolute Gasteiger partial charge is 0.466 e. The Morgan fingerprint density at radius 2 is 0.595 bits per heavy atom. The highest BCUT2D eigenvalue weighted by molar-refractivity contribution is 5.76. The quantitative estimate of drug-likeness (QED) is 0.0320. The molecule has 6 heteroatoms. The average molecular weight is 1180 g/mol. The van der Waals surface area contributed by atoms with Crippen LogP contribution in [-0.4, -0.2) is 47.4 Å². The second-order valence-corrected chi connectivity index (χ2v) is 26.3. The van der Waals surface area contributed by atoms with Crippen LogP contribution in [0.4, 0.5) is 0 Å². The molecule has 0 aromatic heterocycles. The number of allylic oxidation sites excluding steroid dienone is 6. The van der Waals surface area contributed by atoms with Gasteiger partial charge >= 0.3 is 5.97 Å². The molecule has 0 saturated carbocycles. The number of amides is 1. The number of aliphatic hydroxyl groups is 2. The molecule has 0 saturated heterocycles. The summed E-state index contributed by atoms with van der Waals surface area (Å²) in [6.07, 6.45) is 95.3. The number of rotatable bonds is 72. The van der Waals surface area contributed by atoms with Gasteiger partial charge in [0.25, 0.3) is 0 Å². The van der Waals surface area contributed by atoms with Crippen LogP contribution < -0.4 is 5.32 Å². The lowest BCUT2D eigenvalue weighted by Crippen LogP contribution is -2.45. The SMILES string of the molecule is CCCCC/C=C\C/C=C\CCCCCCCCCCCC(=O)OCCCCCCCCCCCCCCCCCC/C=C\CCCCCCCCCCCCCCCCCCCC(=O)NC(CO)C(O)CCCCCCCCCCCCC. The third-order valence-electron chi connectivity index (χ3n) is 17.9. The number of hydrogen-bond acceptors (Lipinski definition) is 5. The van der Waals surface area contributed by atoms with Gasteiger partial charge in [-0.15, -0.1) is 0 Å². The summed E-state index contributed by atoms with van der Waals surface area (Å²) in [5.74, 6) is -0.0118.